The summed E-state index contributed by atoms with van der Waals surface area (Å²) < 4.78 is 12.0. The van der Waals surface area contributed by atoms with Crippen LogP contribution < -0.4 is 15.2 Å². The molecule has 0 saturated heterocycles. The van der Waals surface area contributed by atoms with Gasteiger partial charge in [-0.3, -0.25) is 0 Å². The first-order valence-corrected chi connectivity index (χ1v) is 7.26. The average Bonchev–Trinajstić information content (AvgIpc) is 2.47. The molecule has 0 aliphatic carbocycles. The van der Waals surface area contributed by atoms with Gasteiger partial charge >= 0.3 is 0 Å². The Hall–Kier alpha value is -1.52. The Morgan fingerprint density at radius 1 is 1.10 bits per heavy atom. The van der Waals surface area contributed by atoms with Gasteiger partial charge in [-0.15, -0.1) is 0 Å². The second kappa shape index (κ2) is 7.31. The van der Waals surface area contributed by atoms with Crippen molar-refractivity contribution >= 4 is 15.9 Å². The minimum absolute atomic E-state index is 0.506. The summed E-state index contributed by atoms with van der Waals surface area (Å²) in [6, 6.07) is 13.9. The van der Waals surface area contributed by atoms with Crippen molar-refractivity contribution in [3.8, 4) is 11.5 Å². The zero-order valence-corrected chi connectivity index (χ0v) is 13.0. The Bertz CT molecular complexity index is 572. The van der Waals surface area contributed by atoms with Crippen LogP contribution in [0.3, 0.4) is 0 Å². The molecule has 4 heteroatoms. The first kappa shape index (κ1) is 14.9. The van der Waals surface area contributed by atoms with Crippen LogP contribution in [0.4, 0.5) is 0 Å². The van der Waals surface area contributed by atoms with Gasteiger partial charge < -0.3 is 15.2 Å². The third-order valence-corrected chi connectivity index (χ3v) is 3.58. The topological polar surface area (TPSA) is 44.5 Å². The number of hydrogen-bond donors (Lipinski definition) is 1. The van der Waals surface area contributed by atoms with Crippen LogP contribution in [0.1, 0.15) is 11.1 Å². The monoisotopic (exact) mass is 335 g/mol. The molecule has 0 amide bonds. The minimum atomic E-state index is 0.506. The predicted octanol–water partition coefficient (Wildman–Crippen LogP) is 3.54. The fraction of sp³-hybridized carbons (Fsp3) is 0.250. The van der Waals surface area contributed by atoms with Gasteiger partial charge in [0.25, 0.3) is 0 Å². The third-order valence-electron chi connectivity index (χ3n) is 2.96. The largest absolute Gasteiger partial charge is 0.497 e. The molecule has 2 aromatic rings. The maximum Gasteiger partial charge on any atom is 0.134 e. The van der Waals surface area contributed by atoms with Crippen LogP contribution in [-0.4, -0.2) is 13.7 Å². The van der Waals surface area contributed by atoms with Gasteiger partial charge in [-0.05, 0) is 64.3 Å². The SMILES string of the molecule is COc1cccc(COc2ccc(CCN)cc2Br)c1. The van der Waals surface area contributed by atoms with E-state index >= 15 is 0 Å². The zero-order chi connectivity index (χ0) is 14.4. The van der Waals surface area contributed by atoms with E-state index in [1.54, 1.807) is 7.11 Å². The highest BCUT2D eigenvalue weighted by Crippen LogP contribution is 2.27. The molecule has 0 unspecified atom stereocenters. The molecular weight excluding hydrogens is 318 g/mol. The maximum atomic E-state index is 5.82. The van der Waals surface area contributed by atoms with Gasteiger partial charge in [-0.1, -0.05) is 18.2 Å². The lowest BCUT2D eigenvalue weighted by Gasteiger charge is -2.10. The van der Waals surface area contributed by atoms with Gasteiger partial charge in [0.2, 0.25) is 0 Å². The molecule has 0 aliphatic rings. The van der Waals surface area contributed by atoms with Crippen LogP contribution >= 0.6 is 15.9 Å². The Balaban J connectivity index is 2.03. The van der Waals surface area contributed by atoms with Crippen LogP contribution in [0.15, 0.2) is 46.9 Å². The van der Waals surface area contributed by atoms with Crippen molar-refractivity contribution < 1.29 is 9.47 Å². The van der Waals surface area contributed by atoms with Gasteiger partial charge in [0.1, 0.15) is 18.1 Å². The molecule has 0 saturated carbocycles. The van der Waals surface area contributed by atoms with Crippen molar-refractivity contribution in [1.82, 2.24) is 0 Å². The predicted molar refractivity (Wildman–Crippen MR) is 84.2 cm³/mol. The normalized spacial score (nSPS) is 10.3. The molecule has 0 heterocycles. The average molecular weight is 336 g/mol. The van der Waals surface area contributed by atoms with Gasteiger partial charge in [-0.2, -0.15) is 0 Å². The summed E-state index contributed by atoms with van der Waals surface area (Å²) in [4.78, 5) is 0. The summed E-state index contributed by atoms with van der Waals surface area (Å²) in [5.41, 5.74) is 7.83. The van der Waals surface area contributed by atoms with E-state index in [0.717, 1.165) is 28.0 Å². The summed E-state index contributed by atoms with van der Waals surface area (Å²) in [6.07, 6.45) is 0.870. The molecule has 3 nitrogen and oxygen atoms in total. The molecule has 0 aliphatic heterocycles. The lowest BCUT2D eigenvalue weighted by molar-refractivity contribution is 0.303. The quantitative estimate of drug-likeness (QED) is 0.878. The van der Waals surface area contributed by atoms with E-state index in [-0.39, 0.29) is 0 Å². The molecule has 106 valence electrons. The van der Waals surface area contributed by atoms with Crippen LogP contribution in [0.5, 0.6) is 11.5 Å². The van der Waals surface area contributed by atoms with Crippen molar-refractivity contribution in [1.29, 1.82) is 0 Å². The highest BCUT2D eigenvalue weighted by atomic mass is 79.9. The number of nitrogens with two attached hydrogens (primary N) is 1. The van der Waals surface area contributed by atoms with Crippen molar-refractivity contribution in [2.45, 2.75) is 13.0 Å². The number of hydrogen-bond acceptors (Lipinski definition) is 3. The van der Waals surface area contributed by atoms with E-state index in [0.29, 0.717) is 13.2 Å². The standard InChI is InChI=1S/C16H18BrNO2/c1-19-14-4-2-3-13(9-14)11-20-16-6-5-12(7-8-18)10-15(16)17/h2-6,9-10H,7-8,11,18H2,1H3. The fourth-order valence-corrected chi connectivity index (χ4v) is 2.45. The van der Waals surface area contributed by atoms with Crippen molar-refractivity contribution in [3.05, 3.63) is 58.1 Å². The van der Waals surface area contributed by atoms with E-state index in [2.05, 4.69) is 15.9 Å². The number of halogens is 1. The zero-order valence-electron chi connectivity index (χ0n) is 11.4. The minimum Gasteiger partial charge on any atom is -0.497 e. The van der Waals surface area contributed by atoms with Gasteiger partial charge in [0.15, 0.2) is 0 Å². The Kier molecular flexibility index (Phi) is 5.44. The highest BCUT2D eigenvalue weighted by Gasteiger charge is 2.04. The second-order valence-electron chi connectivity index (χ2n) is 4.44. The lowest BCUT2D eigenvalue weighted by Crippen LogP contribution is -2.03. The maximum absolute atomic E-state index is 5.82. The Morgan fingerprint density at radius 3 is 2.65 bits per heavy atom. The summed E-state index contributed by atoms with van der Waals surface area (Å²) in [5, 5.41) is 0. The van der Waals surface area contributed by atoms with Gasteiger partial charge in [0.05, 0.1) is 11.6 Å². The van der Waals surface area contributed by atoms with E-state index in [1.165, 1.54) is 5.56 Å². The Labute approximate surface area is 127 Å². The van der Waals surface area contributed by atoms with Gasteiger partial charge in [0, 0.05) is 0 Å². The molecular formula is C16H18BrNO2. The molecule has 2 rings (SSSR count). The van der Waals surface area contributed by atoms with Crippen LogP contribution in [0.2, 0.25) is 0 Å². The van der Waals surface area contributed by atoms with Crippen molar-refractivity contribution in [2.24, 2.45) is 5.73 Å². The van der Waals surface area contributed by atoms with Crippen LogP contribution in [0.25, 0.3) is 0 Å². The first-order valence-electron chi connectivity index (χ1n) is 6.47. The van der Waals surface area contributed by atoms with E-state index < -0.39 is 0 Å². The van der Waals surface area contributed by atoms with Crippen molar-refractivity contribution in [2.75, 3.05) is 13.7 Å². The third kappa shape index (κ3) is 3.99. The molecule has 0 atom stereocenters. The number of rotatable bonds is 6. The molecule has 0 spiro atoms. The van der Waals surface area contributed by atoms with Crippen molar-refractivity contribution in [3.63, 3.8) is 0 Å². The summed E-state index contributed by atoms with van der Waals surface area (Å²) in [7, 11) is 1.66. The summed E-state index contributed by atoms with van der Waals surface area (Å²) in [6.45, 7) is 1.16. The first-order chi connectivity index (χ1) is 9.72. The molecule has 2 aromatic carbocycles. The highest BCUT2D eigenvalue weighted by molar-refractivity contribution is 9.10. The second-order valence-corrected chi connectivity index (χ2v) is 5.30. The van der Waals surface area contributed by atoms with Crippen LogP contribution in [0, 0.1) is 0 Å². The lowest BCUT2D eigenvalue weighted by atomic mass is 10.1. The van der Waals surface area contributed by atoms with Crippen LogP contribution in [-0.2, 0) is 13.0 Å². The fourth-order valence-electron chi connectivity index (χ4n) is 1.91. The summed E-state index contributed by atoms with van der Waals surface area (Å²) in [5.74, 6) is 1.66. The number of ether oxygens (including phenoxy) is 2. The van der Waals surface area contributed by atoms with E-state index in [4.69, 9.17) is 15.2 Å². The van der Waals surface area contributed by atoms with E-state index in [9.17, 15) is 0 Å². The number of methoxy groups -OCH3 is 1. The number of benzene rings is 2. The molecule has 0 bridgehead atoms. The molecule has 20 heavy (non-hydrogen) atoms. The molecule has 0 radical (unpaired) electrons. The van der Waals surface area contributed by atoms with E-state index in [1.807, 2.05) is 42.5 Å². The molecule has 0 fully saturated rings. The smallest absolute Gasteiger partial charge is 0.134 e. The van der Waals surface area contributed by atoms with Gasteiger partial charge in [-0.25, -0.2) is 0 Å². The molecule has 0 aromatic heterocycles. The molecule has 2 N–H and O–H groups in total. The Morgan fingerprint density at radius 2 is 1.95 bits per heavy atom. The summed E-state index contributed by atoms with van der Waals surface area (Å²) >= 11 is 3.53.